The summed E-state index contributed by atoms with van der Waals surface area (Å²) in [5.74, 6) is 0.541. The van der Waals surface area contributed by atoms with Gasteiger partial charge in [-0.25, -0.2) is 4.68 Å². The molecule has 9 nitrogen and oxygen atoms in total. The summed E-state index contributed by atoms with van der Waals surface area (Å²) in [6, 6.07) is 15.2. The Labute approximate surface area is 250 Å². The lowest BCUT2D eigenvalue weighted by molar-refractivity contribution is -0.143. The summed E-state index contributed by atoms with van der Waals surface area (Å²) in [6.45, 7) is 6.93. The number of halogens is 1. The lowest BCUT2D eigenvalue weighted by atomic mass is 9.82. The number of methoxy groups -OCH3 is 1. The van der Waals surface area contributed by atoms with Gasteiger partial charge in [-0.1, -0.05) is 35.0 Å². The highest BCUT2D eigenvalue weighted by molar-refractivity contribution is 6.34. The number of aryl methyl sites for hydroxylation is 1. The van der Waals surface area contributed by atoms with Crippen LogP contribution >= 0.6 is 11.6 Å². The third kappa shape index (κ3) is 5.92. The number of hydrogen-bond acceptors (Lipinski definition) is 7. The Balaban J connectivity index is 1.48. The number of hydrogen-bond donors (Lipinski definition) is 0. The number of carbonyl (C=O) groups excluding carboxylic acids is 2. The van der Waals surface area contributed by atoms with Crippen LogP contribution in [0.15, 0.2) is 48.5 Å². The van der Waals surface area contributed by atoms with Gasteiger partial charge in [-0.3, -0.25) is 9.59 Å². The average molecular weight is 591 g/mol. The Morgan fingerprint density at radius 3 is 2.64 bits per heavy atom. The van der Waals surface area contributed by atoms with Crippen LogP contribution in [0.25, 0.3) is 11.0 Å². The van der Waals surface area contributed by atoms with Gasteiger partial charge in [0.05, 0.1) is 36.8 Å². The standard InChI is InChI=1S/C32H35ClN4O5/c1-6-41-30(38)17-26(21-14-28-31(29(15-21)40-5)36(4)35-34-28)24-9-7-8-20-18-37(13-12-23(20)24)32(39)25-11-10-22(16-27(25)33)42-19(2)3/h7-11,14-16,19,26H,6,12-13,17-18H2,1-5H3. The van der Waals surface area contributed by atoms with E-state index >= 15 is 0 Å². The van der Waals surface area contributed by atoms with Gasteiger partial charge in [0.2, 0.25) is 0 Å². The molecule has 0 fully saturated rings. The number of carbonyl (C=O) groups is 2. The predicted molar refractivity (Wildman–Crippen MR) is 160 cm³/mol. The first-order valence-electron chi connectivity index (χ1n) is 14.1. The van der Waals surface area contributed by atoms with Crippen LogP contribution in [-0.4, -0.2) is 58.1 Å². The maximum atomic E-state index is 13.5. The molecule has 10 heteroatoms. The van der Waals surface area contributed by atoms with Crippen molar-refractivity contribution in [1.82, 2.24) is 19.9 Å². The first-order valence-corrected chi connectivity index (χ1v) is 14.5. The van der Waals surface area contributed by atoms with Crippen LogP contribution in [0.4, 0.5) is 0 Å². The Hall–Kier alpha value is -4.11. The monoisotopic (exact) mass is 590 g/mol. The Morgan fingerprint density at radius 1 is 1.12 bits per heavy atom. The van der Waals surface area contributed by atoms with Crippen molar-refractivity contribution in [3.63, 3.8) is 0 Å². The van der Waals surface area contributed by atoms with Crippen molar-refractivity contribution in [1.29, 1.82) is 0 Å². The van der Waals surface area contributed by atoms with Crippen molar-refractivity contribution in [2.24, 2.45) is 7.05 Å². The third-order valence-corrected chi connectivity index (χ3v) is 7.81. The van der Waals surface area contributed by atoms with Crippen LogP contribution < -0.4 is 9.47 Å². The normalized spacial score (nSPS) is 13.6. The molecule has 42 heavy (non-hydrogen) atoms. The molecule has 0 spiro atoms. The van der Waals surface area contributed by atoms with E-state index in [0.29, 0.717) is 53.7 Å². The van der Waals surface area contributed by atoms with Crippen molar-refractivity contribution in [3.8, 4) is 11.5 Å². The van der Waals surface area contributed by atoms with Gasteiger partial charge in [0.1, 0.15) is 22.5 Å². The highest BCUT2D eigenvalue weighted by Crippen LogP contribution is 2.38. The van der Waals surface area contributed by atoms with Crippen LogP contribution in [0.1, 0.15) is 65.7 Å². The maximum absolute atomic E-state index is 13.5. The van der Waals surface area contributed by atoms with E-state index in [0.717, 1.165) is 27.8 Å². The van der Waals surface area contributed by atoms with Crippen LogP contribution in [-0.2, 0) is 29.5 Å². The van der Waals surface area contributed by atoms with Crippen molar-refractivity contribution < 1.29 is 23.8 Å². The van der Waals surface area contributed by atoms with Gasteiger partial charge in [0, 0.05) is 26.1 Å². The Kier molecular flexibility index (Phi) is 8.68. The second-order valence-electron chi connectivity index (χ2n) is 10.6. The minimum Gasteiger partial charge on any atom is -0.494 e. The van der Waals surface area contributed by atoms with E-state index < -0.39 is 0 Å². The van der Waals surface area contributed by atoms with E-state index in [1.165, 1.54) is 0 Å². The second-order valence-corrected chi connectivity index (χ2v) is 11.0. The van der Waals surface area contributed by atoms with E-state index in [1.807, 2.05) is 50.1 Å². The smallest absolute Gasteiger partial charge is 0.306 e. The van der Waals surface area contributed by atoms with E-state index in [9.17, 15) is 9.59 Å². The molecule has 2 heterocycles. The highest BCUT2D eigenvalue weighted by atomic mass is 35.5. The molecule has 0 N–H and O–H groups in total. The van der Waals surface area contributed by atoms with E-state index in [2.05, 4.69) is 16.4 Å². The van der Waals surface area contributed by atoms with Crippen molar-refractivity contribution in [3.05, 3.63) is 81.4 Å². The van der Waals surface area contributed by atoms with Crippen LogP contribution in [0.2, 0.25) is 5.02 Å². The SMILES string of the molecule is CCOC(=O)CC(c1cc(OC)c2c(c1)nnn2C)c1cccc2c1CCN(C(=O)c1ccc(OC(C)C)cc1Cl)C2. The summed E-state index contributed by atoms with van der Waals surface area (Å²) in [5.41, 5.74) is 5.97. The van der Waals surface area contributed by atoms with Crippen molar-refractivity contribution in [2.45, 2.75) is 52.2 Å². The van der Waals surface area contributed by atoms with Crippen LogP contribution in [0.5, 0.6) is 11.5 Å². The van der Waals surface area contributed by atoms with Gasteiger partial charge in [0.25, 0.3) is 5.91 Å². The Morgan fingerprint density at radius 2 is 1.93 bits per heavy atom. The minimum atomic E-state index is -0.301. The molecule has 1 aliphatic rings. The number of nitrogens with zero attached hydrogens (tertiary/aromatic N) is 4. The molecule has 0 bridgehead atoms. The first-order chi connectivity index (χ1) is 20.2. The summed E-state index contributed by atoms with van der Waals surface area (Å²) in [5, 5.41) is 8.82. The Bertz CT molecular complexity index is 1630. The second kappa shape index (κ2) is 12.4. The number of amides is 1. The fourth-order valence-corrected chi connectivity index (χ4v) is 5.90. The van der Waals surface area contributed by atoms with Gasteiger partial charge in [-0.2, -0.15) is 0 Å². The summed E-state index contributed by atoms with van der Waals surface area (Å²) in [4.78, 5) is 28.2. The molecule has 1 atom stereocenters. The molecule has 0 saturated carbocycles. The molecular weight excluding hydrogens is 556 g/mol. The summed E-state index contributed by atoms with van der Waals surface area (Å²) < 4.78 is 18.5. The zero-order valence-electron chi connectivity index (χ0n) is 24.5. The van der Waals surface area contributed by atoms with Crippen LogP contribution in [0, 0.1) is 0 Å². The maximum Gasteiger partial charge on any atom is 0.306 e. The predicted octanol–water partition coefficient (Wildman–Crippen LogP) is 5.70. The molecule has 0 radical (unpaired) electrons. The molecule has 5 rings (SSSR count). The molecule has 0 aliphatic carbocycles. The summed E-state index contributed by atoms with van der Waals surface area (Å²) >= 11 is 6.51. The van der Waals surface area contributed by atoms with Gasteiger partial charge < -0.3 is 19.1 Å². The molecule has 1 aliphatic heterocycles. The molecule has 1 aromatic heterocycles. The highest BCUT2D eigenvalue weighted by Gasteiger charge is 2.29. The first kappa shape index (κ1) is 29.4. The number of aromatic nitrogens is 3. The van der Waals surface area contributed by atoms with E-state index in [1.54, 1.807) is 36.9 Å². The number of rotatable bonds is 9. The van der Waals surface area contributed by atoms with Crippen molar-refractivity contribution >= 4 is 34.5 Å². The van der Waals surface area contributed by atoms with E-state index in [-0.39, 0.29) is 30.3 Å². The molecular formula is C32H35ClN4O5. The summed E-state index contributed by atoms with van der Waals surface area (Å²) in [6.07, 6.45) is 0.793. The van der Waals surface area contributed by atoms with E-state index in [4.69, 9.17) is 25.8 Å². The third-order valence-electron chi connectivity index (χ3n) is 7.49. The van der Waals surface area contributed by atoms with Crippen molar-refractivity contribution in [2.75, 3.05) is 20.3 Å². The molecule has 1 unspecified atom stereocenters. The topological polar surface area (TPSA) is 95.8 Å². The number of fused-ring (bicyclic) bond motifs is 2. The number of esters is 1. The molecule has 4 aromatic rings. The molecule has 3 aromatic carbocycles. The number of ether oxygens (including phenoxy) is 3. The lowest BCUT2D eigenvalue weighted by Crippen LogP contribution is -2.36. The van der Waals surface area contributed by atoms with Gasteiger partial charge in [0.15, 0.2) is 0 Å². The van der Waals surface area contributed by atoms with Gasteiger partial charge >= 0.3 is 5.97 Å². The molecule has 220 valence electrons. The molecule has 0 saturated heterocycles. The summed E-state index contributed by atoms with van der Waals surface area (Å²) in [7, 11) is 3.42. The molecule has 1 amide bonds. The zero-order chi connectivity index (χ0) is 30.0. The lowest BCUT2D eigenvalue weighted by Gasteiger charge is -2.32. The minimum absolute atomic E-state index is 0.00619. The van der Waals surface area contributed by atoms with Crippen LogP contribution in [0.3, 0.4) is 0 Å². The fraction of sp³-hybridized carbons (Fsp3) is 0.375. The fourth-order valence-electron chi connectivity index (χ4n) is 5.65. The number of benzene rings is 3. The van der Waals surface area contributed by atoms with Gasteiger partial charge in [-0.15, -0.1) is 5.10 Å². The largest absolute Gasteiger partial charge is 0.494 e. The average Bonchev–Trinajstić information content (AvgIpc) is 3.35. The van der Waals surface area contributed by atoms with Gasteiger partial charge in [-0.05, 0) is 79.8 Å². The zero-order valence-corrected chi connectivity index (χ0v) is 25.3. The quantitative estimate of drug-likeness (QED) is 0.231.